The van der Waals surface area contributed by atoms with Crippen molar-refractivity contribution in [3.8, 4) is 18.2 Å². The van der Waals surface area contributed by atoms with Crippen LogP contribution in [-0.2, 0) is 0 Å². The van der Waals surface area contributed by atoms with Crippen molar-refractivity contribution in [3.05, 3.63) is 51.3 Å². The Balaban J connectivity index is 1.84. The molecule has 0 bridgehead atoms. The zero-order valence-corrected chi connectivity index (χ0v) is 18.5. The van der Waals surface area contributed by atoms with Gasteiger partial charge in [0, 0.05) is 0 Å². The Kier molecular flexibility index (Phi) is 3.79. The Labute approximate surface area is 212 Å². The minimum Gasteiger partial charge on any atom is -0.370 e. The van der Waals surface area contributed by atoms with Crippen molar-refractivity contribution in [3.63, 3.8) is 0 Å². The van der Waals surface area contributed by atoms with Crippen LogP contribution in [0.25, 0.3) is 65.8 Å². The van der Waals surface area contributed by atoms with Gasteiger partial charge in [0.25, 0.3) is 17.3 Å². The highest BCUT2D eigenvalue weighted by Crippen LogP contribution is 2.30. The highest BCUT2D eigenvalue weighted by molar-refractivity contribution is 5.87. The first-order chi connectivity index (χ1) is 19.0. The van der Waals surface area contributed by atoms with E-state index in [0.29, 0.717) is 0 Å². The van der Waals surface area contributed by atoms with Crippen LogP contribution in [-0.4, -0.2) is 58.1 Å². The number of fused-ring (bicyclic) bond motifs is 12. The van der Waals surface area contributed by atoms with Gasteiger partial charge < -0.3 is 14.5 Å². The monoisotopic (exact) mass is 504 g/mol. The number of aromatic nitrogens is 12. The number of nitrogens with zero attached hydrogens (tertiary/aromatic N) is 18. The summed E-state index contributed by atoms with van der Waals surface area (Å²) < 4.78 is 4.15. The van der Waals surface area contributed by atoms with E-state index in [1.807, 2.05) is 18.2 Å². The fourth-order valence-corrected chi connectivity index (χ4v) is 4.08. The average molecular weight is 504 g/mol. The molecule has 0 fully saturated rings. The predicted molar refractivity (Wildman–Crippen MR) is 125 cm³/mol. The second-order valence-electron chi connectivity index (χ2n) is 7.54. The normalized spacial score (nSPS) is 10.9. The molecule has 0 spiro atoms. The highest BCUT2D eigenvalue weighted by atomic mass is 15.4. The van der Waals surface area contributed by atoms with Gasteiger partial charge in [-0.05, 0) is 0 Å². The van der Waals surface area contributed by atoms with Gasteiger partial charge in [0.2, 0.25) is 28.6 Å². The Morgan fingerprint density at radius 3 is 1.33 bits per heavy atom. The SMILES string of the molecule is [C-]#[N+]c1nc2nc3n(c2nc1C#N)c1nc2nc(C#N)c(C#N)nc2n1c1nc2nc([N+]#[C-])c([N+]#[C-])nc2n13. The number of rotatable bonds is 0. The van der Waals surface area contributed by atoms with Crippen molar-refractivity contribution < 1.29 is 0 Å². The molecular weight excluding hydrogens is 504 g/mol. The van der Waals surface area contributed by atoms with Gasteiger partial charge in [0.15, 0.2) is 22.7 Å². The molecule has 18 heteroatoms. The third kappa shape index (κ3) is 2.47. The summed E-state index contributed by atoms with van der Waals surface area (Å²) in [4.78, 5) is 48.6. The Hall–Kier alpha value is -7.41. The van der Waals surface area contributed by atoms with E-state index in [4.69, 9.17) is 19.7 Å². The van der Waals surface area contributed by atoms with Gasteiger partial charge in [0.1, 0.15) is 18.2 Å². The third-order valence-corrected chi connectivity index (χ3v) is 5.61. The molecule has 0 aliphatic rings. The number of imidazole rings is 3. The molecule has 18 nitrogen and oxygen atoms in total. The van der Waals surface area contributed by atoms with Crippen LogP contribution >= 0.6 is 0 Å². The summed E-state index contributed by atoms with van der Waals surface area (Å²) in [5, 5.41) is 28.5. The average Bonchev–Trinajstić information content (AvgIpc) is 3.64. The predicted octanol–water partition coefficient (Wildman–Crippen LogP) is 1.73. The Morgan fingerprint density at radius 1 is 0.462 bits per heavy atom. The van der Waals surface area contributed by atoms with Crippen LogP contribution in [0.3, 0.4) is 0 Å². The Bertz CT molecular complexity index is 2260. The van der Waals surface area contributed by atoms with Crippen molar-refractivity contribution in [1.82, 2.24) is 58.1 Å². The van der Waals surface area contributed by atoms with Crippen LogP contribution < -0.4 is 0 Å². The van der Waals surface area contributed by atoms with Crippen molar-refractivity contribution in [2.24, 2.45) is 0 Å². The van der Waals surface area contributed by atoms with Gasteiger partial charge in [-0.2, -0.15) is 30.7 Å². The lowest BCUT2D eigenvalue weighted by Crippen LogP contribution is -2.06. The molecule has 0 aliphatic heterocycles. The smallest absolute Gasteiger partial charge is 0.317 e. The molecule has 0 atom stereocenters. The van der Waals surface area contributed by atoms with Gasteiger partial charge in [-0.15, -0.1) is 9.97 Å². The fourth-order valence-electron chi connectivity index (χ4n) is 4.08. The van der Waals surface area contributed by atoms with Gasteiger partial charge in [-0.25, -0.2) is 28.2 Å². The van der Waals surface area contributed by atoms with Crippen LogP contribution in [0.5, 0.6) is 0 Å². The van der Waals surface area contributed by atoms with E-state index in [-0.39, 0.29) is 85.8 Å². The molecule has 0 unspecified atom stereocenters. The minimum absolute atomic E-state index is 0.0145. The molecule has 0 saturated carbocycles. The maximum absolute atomic E-state index is 9.54. The topological polar surface area (TPSA) is 214 Å². The van der Waals surface area contributed by atoms with Gasteiger partial charge in [0.05, 0.1) is 0 Å². The zero-order valence-electron chi connectivity index (χ0n) is 18.5. The summed E-state index contributed by atoms with van der Waals surface area (Å²) in [5.74, 6) is -0.593. The molecule has 7 rings (SSSR count). The third-order valence-electron chi connectivity index (χ3n) is 5.61. The van der Waals surface area contributed by atoms with Crippen molar-refractivity contribution in [1.29, 1.82) is 15.8 Å². The maximum Gasteiger partial charge on any atom is 0.317 e. The molecule has 0 amide bonds. The van der Waals surface area contributed by atoms with Gasteiger partial charge in [-0.1, -0.05) is 24.7 Å². The van der Waals surface area contributed by atoms with E-state index in [9.17, 15) is 15.8 Å². The molecule has 174 valence electrons. The molecule has 0 aliphatic carbocycles. The van der Waals surface area contributed by atoms with Crippen molar-refractivity contribution in [2.75, 3.05) is 0 Å². The summed E-state index contributed by atoms with van der Waals surface area (Å²) in [7, 11) is 0. The summed E-state index contributed by atoms with van der Waals surface area (Å²) in [6, 6.07) is 5.47. The van der Waals surface area contributed by atoms with Crippen LogP contribution in [0.15, 0.2) is 0 Å². The zero-order chi connectivity index (χ0) is 27.0. The van der Waals surface area contributed by atoms with E-state index >= 15 is 0 Å². The largest absolute Gasteiger partial charge is 0.370 e. The molecule has 7 heterocycles. The number of nitriles is 3. The van der Waals surface area contributed by atoms with Crippen LogP contribution in [0, 0.1) is 53.7 Å². The lowest BCUT2D eigenvalue weighted by Gasteiger charge is -2.03. The quantitative estimate of drug-likeness (QED) is 0.270. The first kappa shape index (κ1) is 20.9. The summed E-state index contributed by atoms with van der Waals surface area (Å²) in [5.41, 5.74) is -0.700. The molecule has 7 aromatic heterocycles. The van der Waals surface area contributed by atoms with E-state index < -0.39 is 0 Å². The molecule has 39 heavy (non-hydrogen) atoms. The van der Waals surface area contributed by atoms with E-state index in [1.54, 1.807) is 0 Å². The Morgan fingerprint density at radius 2 is 0.846 bits per heavy atom. The van der Waals surface area contributed by atoms with Gasteiger partial charge in [-0.3, -0.25) is 0 Å². The molecule has 0 N–H and O–H groups in total. The second-order valence-corrected chi connectivity index (χ2v) is 7.54. The fraction of sp³-hybridized carbons (Fsp3) is 0. The molecule has 7 aromatic rings. The lowest BCUT2D eigenvalue weighted by atomic mass is 10.3. The first-order valence-electron chi connectivity index (χ1n) is 10.3. The summed E-state index contributed by atoms with van der Waals surface area (Å²) in [6.45, 7) is 22.1. The molecular formula is C21N18. The standard InChI is InChI=1S/C21N18/c1-25-10-9(6-24)30-17-14(31-10)35-20-38(17)19-34-13-16(29-8(5-23)7(4-22)28-13)37(19)21-36-15-18(39(20)21)33-12(27-3)11(26-2)32-15. The molecule has 0 saturated heterocycles. The van der Waals surface area contributed by atoms with Gasteiger partial charge >= 0.3 is 17.1 Å². The minimum atomic E-state index is -0.271. The maximum atomic E-state index is 9.54. The lowest BCUT2D eigenvalue weighted by molar-refractivity contribution is 0.993. The van der Waals surface area contributed by atoms with Crippen LogP contribution in [0.2, 0.25) is 0 Å². The number of hydrogen-bond acceptors (Lipinski definition) is 12. The van der Waals surface area contributed by atoms with Crippen molar-refractivity contribution >= 4 is 68.7 Å². The second kappa shape index (κ2) is 7.06. The highest BCUT2D eigenvalue weighted by Gasteiger charge is 2.29. The van der Waals surface area contributed by atoms with Crippen LogP contribution in [0.4, 0.5) is 17.5 Å². The van der Waals surface area contributed by atoms with E-state index in [0.717, 1.165) is 0 Å². The van der Waals surface area contributed by atoms with E-state index in [2.05, 4.69) is 59.4 Å². The molecule has 0 aromatic carbocycles. The van der Waals surface area contributed by atoms with Crippen LogP contribution in [0.1, 0.15) is 17.1 Å². The number of hydrogen-bond donors (Lipinski definition) is 0. The summed E-state index contributed by atoms with van der Waals surface area (Å²) >= 11 is 0. The van der Waals surface area contributed by atoms with Crippen molar-refractivity contribution in [2.45, 2.75) is 0 Å². The molecule has 0 radical (unpaired) electrons. The first-order valence-corrected chi connectivity index (χ1v) is 10.3. The van der Waals surface area contributed by atoms with E-state index in [1.165, 1.54) is 13.2 Å². The summed E-state index contributed by atoms with van der Waals surface area (Å²) in [6.07, 6.45) is 0.